The molecule has 1 aromatic carbocycles. The maximum Gasteiger partial charge on any atom is 0.231 e. The third-order valence-corrected chi connectivity index (χ3v) is 4.01. The highest BCUT2D eigenvalue weighted by molar-refractivity contribution is 5.41. The Morgan fingerprint density at radius 2 is 1.95 bits per heavy atom. The molecule has 4 heteroatoms. The second kappa shape index (κ2) is 6.07. The van der Waals surface area contributed by atoms with Crippen LogP contribution in [0.25, 0.3) is 0 Å². The average Bonchev–Trinajstić information content (AvgIpc) is 2.73. The lowest BCUT2D eigenvalue weighted by Crippen LogP contribution is -2.00. The van der Waals surface area contributed by atoms with Crippen LogP contribution in [0.5, 0.6) is 0 Å². The van der Waals surface area contributed by atoms with E-state index in [1.54, 1.807) is 0 Å². The summed E-state index contributed by atoms with van der Waals surface area (Å²) < 4.78 is 5.40. The second-order valence-electron chi connectivity index (χ2n) is 5.66. The first kappa shape index (κ1) is 13.2. The average molecular weight is 271 g/mol. The van der Waals surface area contributed by atoms with Crippen LogP contribution in [-0.4, -0.2) is 10.1 Å². The molecule has 0 saturated heterocycles. The quantitative estimate of drug-likeness (QED) is 0.683. The lowest BCUT2D eigenvalue weighted by atomic mass is 10.00. The van der Waals surface area contributed by atoms with Gasteiger partial charge in [-0.3, -0.25) is 0 Å². The van der Waals surface area contributed by atoms with Gasteiger partial charge in [0.15, 0.2) is 5.82 Å². The highest BCUT2D eigenvalue weighted by Gasteiger charge is 2.19. The van der Waals surface area contributed by atoms with E-state index in [1.807, 2.05) is 24.3 Å². The largest absolute Gasteiger partial charge is 0.399 e. The van der Waals surface area contributed by atoms with E-state index in [2.05, 4.69) is 10.1 Å². The summed E-state index contributed by atoms with van der Waals surface area (Å²) in [5, 5.41) is 4.18. The minimum absolute atomic E-state index is 0.482. The molecule has 1 aromatic heterocycles. The van der Waals surface area contributed by atoms with Gasteiger partial charge in [-0.1, -0.05) is 43.0 Å². The standard InChI is InChI=1S/C16H21N3O/c17-14-9-5-6-12(10-14)11-15-18-16(19-20-15)13-7-3-1-2-4-8-13/h5-6,9-10,13H,1-4,7-8,11,17H2. The zero-order valence-corrected chi connectivity index (χ0v) is 11.7. The lowest BCUT2D eigenvalue weighted by Gasteiger charge is -2.07. The third-order valence-electron chi connectivity index (χ3n) is 4.01. The smallest absolute Gasteiger partial charge is 0.231 e. The molecule has 0 amide bonds. The molecule has 1 aliphatic carbocycles. The number of nitrogens with zero attached hydrogens (tertiary/aromatic N) is 2. The van der Waals surface area contributed by atoms with Crippen LogP contribution in [0.4, 0.5) is 5.69 Å². The summed E-state index contributed by atoms with van der Waals surface area (Å²) in [6, 6.07) is 7.82. The lowest BCUT2D eigenvalue weighted by molar-refractivity contribution is 0.372. The van der Waals surface area contributed by atoms with Crippen molar-refractivity contribution in [2.24, 2.45) is 0 Å². The van der Waals surface area contributed by atoms with E-state index in [0.717, 1.165) is 17.1 Å². The molecule has 20 heavy (non-hydrogen) atoms. The fraction of sp³-hybridized carbons (Fsp3) is 0.500. The van der Waals surface area contributed by atoms with Gasteiger partial charge in [0.25, 0.3) is 0 Å². The molecule has 4 nitrogen and oxygen atoms in total. The van der Waals surface area contributed by atoms with E-state index in [1.165, 1.54) is 38.5 Å². The minimum Gasteiger partial charge on any atom is -0.399 e. The molecule has 3 rings (SSSR count). The molecule has 106 valence electrons. The summed E-state index contributed by atoms with van der Waals surface area (Å²) in [6.45, 7) is 0. The molecule has 1 aliphatic rings. The van der Waals surface area contributed by atoms with Gasteiger partial charge >= 0.3 is 0 Å². The Kier molecular flexibility index (Phi) is 4.00. The molecule has 0 unspecified atom stereocenters. The zero-order chi connectivity index (χ0) is 13.8. The fourth-order valence-corrected chi connectivity index (χ4v) is 2.92. The molecule has 1 fully saturated rings. The molecule has 0 spiro atoms. The summed E-state index contributed by atoms with van der Waals surface area (Å²) in [7, 11) is 0. The number of aromatic nitrogens is 2. The SMILES string of the molecule is Nc1cccc(Cc2nc(C3CCCCCC3)no2)c1. The van der Waals surface area contributed by atoms with E-state index in [0.29, 0.717) is 18.2 Å². The van der Waals surface area contributed by atoms with E-state index >= 15 is 0 Å². The summed E-state index contributed by atoms with van der Waals surface area (Å²) >= 11 is 0. The Balaban J connectivity index is 1.70. The van der Waals surface area contributed by atoms with Crippen LogP contribution < -0.4 is 5.73 Å². The first-order valence-electron chi connectivity index (χ1n) is 7.48. The van der Waals surface area contributed by atoms with Crippen LogP contribution in [0, 0.1) is 0 Å². The second-order valence-corrected chi connectivity index (χ2v) is 5.66. The van der Waals surface area contributed by atoms with Gasteiger partial charge in [0.1, 0.15) is 0 Å². The molecule has 0 radical (unpaired) electrons. The highest BCUT2D eigenvalue weighted by atomic mass is 16.5. The molecule has 2 aromatic rings. The van der Waals surface area contributed by atoms with Crippen LogP contribution >= 0.6 is 0 Å². The van der Waals surface area contributed by atoms with Gasteiger partial charge in [0, 0.05) is 11.6 Å². The highest BCUT2D eigenvalue weighted by Crippen LogP contribution is 2.30. The molecule has 0 atom stereocenters. The van der Waals surface area contributed by atoms with Crippen molar-refractivity contribution in [3.8, 4) is 0 Å². The Morgan fingerprint density at radius 3 is 2.70 bits per heavy atom. The zero-order valence-electron chi connectivity index (χ0n) is 11.7. The summed E-state index contributed by atoms with van der Waals surface area (Å²) in [5.74, 6) is 2.07. The molecule has 1 saturated carbocycles. The Hall–Kier alpha value is -1.84. The maximum atomic E-state index is 5.79. The maximum absolute atomic E-state index is 5.79. The molecule has 1 heterocycles. The van der Waals surface area contributed by atoms with Crippen molar-refractivity contribution in [2.45, 2.75) is 50.9 Å². The minimum atomic E-state index is 0.482. The van der Waals surface area contributed by atoms with Gasteiger partial charge in [0.05, 0.1) is 6.42 Å². The van der Waals surface area contributed by atoms with E-state index in [-0.39, 0.29) is 0 Å². The third kappa shape index (κ3) is 3.18. The fourth-order valence-electron chi connectivity index (χ4n) is 2.92. The van der Waals surface area contributed by atoms with Gasteiger partial charge in [-0.15, -0.1) is 0 Å². The first-order chi connectivity index (χ1) is 9.81. The van der Waals surface area contributed by atoms with Gasteiger partial charge in [-0.25, -0.2) is 0 Å². The molecular formula is C16H21N3O. The van der Waals surface area contributed by atoms with Gasteiger partial charge in [-0.05, 0) is 30.5 Å². The van der Waals surface area contributed by atoms with Crippen molar-refractivity contribution in [2.75, 3.05) is 5.73 Å². The van der Waals surface area contributed by atoms with Gasteiger partial charge in [0.2, 0.25) is 5.89 Å². The number of nitrogen functional groups attached to an aromatic ring is 1. The van der Waals surface area contributed by atoms with Crippen molar-refractivity contribution < 1.29 is 4.52 Å². The molecule has 0 bridgehead atoms. The summed E-state index contributed by atoms with van der Waals surface area (Å²) in [5.41, 5.74) is 7.67. The predicted molar refractivity (Wildman–Crippen MR) is 78.4 cm³/mol. The van der Waals surface area contributed by atoms with Crippen LogP contribution in [0.1, 0.15) is 61.7 Å². The van der Waals surface area contributed by atoms with E-state index in [4.69, 9.17) is 10.3 Å². The van der Waals surface area contributed by atoms with Gasteiger partial charge in [-0.2, -0.15) is 4.98 Å². The number of anilines is 1. The molecule has 2 N–H and O–H groups in total. The monoisotopic (exact) mass is 271 g/mol. The Morgan fingerprint density at radius 1 is 1.15 bits per heavy atom. The normalized spacial score (nSPS) is 17.0. The number of hydrogen-bond donors (Lipinski definition) is 1. The van der Waals surface area contributed by atoms with Crippen molar-refractivity contribution in [1.82, 2.24) is 10.1 Å². The molecular weight excluding hydrogens is 250 g/mol. The van der Waals surface area contributed by atoms with Crippen molar-refractivity contribution >= 4 is 5.69 Å². The number of hydrogen-bond acceptors (Lipinski definition) is 4. The summed E-state index contributed by atoms with van der Waals surface area (Å²) in [4.78, 5) is 4.58. The van der Waals surface area contributed by atoms with Crippen LogP contribution in [-0.2, 0) is 6.42 Å². The van der Waals surface area contributed by atoms with Crippen molar-refractivity contribution in [3.63, 3.8) is 0 Å². The number of benzene rings is 1. The van der Waals surface area contributed by atoms with E-state index in [9.17, 15) is 0 Å². The predicted octanol–water partition coefficient (Wildman–Crippen LogP) is 3.68. The van der Waals surface area contributed by atoms with Crippen LogP contribution in [0.15, 0.2) is 28.8 Å². The Labute approximate surface area is 119 Å². The van der Waals surface area contributed by atoms with Gasteiger partial charge < -0.3 is 10.3 Å². The number of nitrogens with two attached hydrogens (primary N) is 1. The number of rotatable bonds is 3. The summed E-state index contributed by atoms with van der Waals surface area (Å²) in [6.07, 6.45) is 8.28. The van der Waals surface area contributed by atoms with Crippen LogP contribution in [0.2, 0.25) is 0 Å². The van der Waals surface area contributed by atoms with Crippen molar-refractivity contribution in [1.29, 1.82) is 0 Å². The van der Waals surface area contributed by atoms with Crippen LogP contribution in [0.3, 0.4) is 0 Å². The van der Waals surface area contributed by atoms with Crippen molar-refractivity contribution in [3.05, 3.63) is 41.5 Å². The Bertz CT molecular complexity index is 556. The van der Waals surface area contributed by atoms with E-state index < -0.39 is 0 Å². The topological polar surface area (TPSA) is 64.9 Å². The first-order valence-corrected chi connectivity index (χ1v) is 7.48. The molecule has 0 aliphatic heterocycles.